The maximum Gasteiger partial charge on any atom is 0.349 e. The van der Waals surface area contributed by atoms with E-state index in [1.807, 2.05) is 6.07 Å². The molecule has 0 N–H and O–H groups in total. The fourth-order valence-corrected chi connectivity index (χ4v) is 1.83. The normalized spacial score (nSPS) is 13.8. The Morgan fingerprint density at radius 3 is 3.00 bits per heavy atom. The molecule has 2 rings (SSSR count). The number of ether oxygens (including phenoxy) is 3. The molecular weight excluding hydrogens is 270 g/mol. The Balaban J connectivity index is 2.32. The van der Waals surface area contributed by atoms with E-state index in [9.17, 15) is 4.79 Å². The average molecular weight is 285 g/mol. The quantitative estimate of drug-likeness (QED) is 0.368. The van der Waals surface area contributed by atoms with Crippen molar-refractivity contribution in [3.8, 4) is 17.6 Å². The summed E-state index contributed by atoms with van der Waals surface area (Å²) >= 11 is 0. The summed E-state index contributed by atoms with van der Waals surface area (Å²) in [6.45, 7) is 4.62. The number of carbonyl (C=O) groups is 1. The van der Waals surface area contributed by atoms with E-state index in [1.165, 1.54) is 12.2 Å². The van der Waals surface area contributed by atoms with Crippen LogP contribution >= 0.6 is 0 Å². The molecule has 0 spiro atoms. The van der Waals surface area contributed by atoms with Gasteiger partial charge < -0.3 is 14.2 Å². The van der Waals surface area contributed by atoms with Crippen LogP contribution in [0.5, 0.6) is 11.5 Å². The molecule has 0 atom stereocenters. The molecule has 5 heteroatoms. The maximum absolute atomic E-state index is 11.7. The number of benzene rings is 1. The standard InChI is InChI=1S/C16H15NO4/c1-2-7-21-16(18)13(11-17)10-12-5-3-6-14-15(12)20-9-4-8-19-14/h2-3,5-6,10H,1,4,7-9H2/b13-10-. The molecule has 5 nitrogen and oxygen atoms in total. The van der Waals surface area contributed by atoms with Gasteiger partial charge in [-0.1, -0.05) is 24.8 Å². The number of nitriles is 1. The Labute approximate surface area is 123 Å². The van der Waals surface area contributed by atoms with Crippen molar-refractivity contribution in [2.75, 3.05) is 19.8 Å². The second-order valence-corrected chi connectivity index (χ2v) is 4.28. The third kappa shape index (κ3) is 3.63. The Bertz CT molecular complexity index is 613. The predicted octanol–water partition coefficient (Wildman–Crippen LogP) is 2.48. The summed E-state index contributed by atoms with van der Waals surface area (Å²) in [4.78, 5) is 11.7. The van der Waals surface area contributed by atoms with E-state index in [2.05, 4.69) is 6.58 Å². The van der Waals surface area contributed by atoms with E-state index >= 15 is 0 Å². The van der Waals surface area contributed by atoms with Crippen LogP contribution in [0.1, 0.15) is 12.0 Å². The molecule has 0 amide bonds. The second-order valence-electron chi connectivity index (χ2n) is 4.28. The minimum atomic E-state index is -0.690. The van der Waals surface area contributed by atoms with Crippen molar-refractivity contribution in [1.82, 2.24) is 0 Å². The van der Waals surface area contributed by atoms with Gasteiger partial charge in [0.1, 0.15) is 18.2 Å². The van der Waals surface area contributed by atoms with Gasteiger partial charge >= 0.3 is 5.97 Å². The second kappa shape index (κ2) is 7.15. The minimum Gasteiger partial charge on any atom is -0.490 e. The van der Waals surface area contributed by atoms with Crippen LogP contribution in [0.25, 0.3) is 6.08 Å². The van der Waals surface area contributed by atoms with Gasteiger partial charge in [0, 0.05) is 12.0 Å². The molecule has 0 fully saturated rings. The Morgan fingerprint density at radius 2 is 2.24 bits per heavy atom. The lowest BCUT2D eigenvalue weighted by Gasteiger charge is -2.10. The highest BCUT2D eigenvalue weighted by Gasteiger charge is 2.16. The largest absolute Gasteiger partial charge is 0.490 e. The zero-order valence-corrected chi connectivity index (χ0v) is 11.5. The molecule has 0 saturated heterocycles. The van der Waals surface area contributed by atoms with Crippen LogP contribution in [-0.2, 0) is 9.53 Å². The van der Waals surface area contributed by atoms with Crippen molar-refractivity contribution in [3.05, 3.63) is 42.0 Å². The number of nitrogens with zero attached hydrogens (tertiary/aromatic N) is 1. The monoisotopic (exact) mass is 285 g/mol. The van der Waals surface area contributed by atoms with Crippen molar-refractivity contribution in [2.45, 2.75) is 6.42 Å². The van der Waals surface area contributed by atoms with Gasteiger partial charge in [0.15, 0.2) is 11.5 Å². The first-order valence-corrected chi connectivity index (χ1v) is 6.54. The van der Waals surface area contributed by atoms with Gasteiger partial charge in [-0.3, -0.25) is 0 Å². The summed E-state index contributed by atoms with van der Waals surface area (Å²) in [6.07, 6.45) is 3.67. The summed E-state index contributed by atoms with van der Waals surface area (Å²) in [5, 5.41) is 9.10. The van der Waals surface area contributed by atoms with E-state index in [4.69, 9.17) is 19.5 Å². The number of carbonyl (C=O) groups excluding carboxylic acids is 1. The van der Waals surface area contributed by atoms with Crippen LogP contribution in [0.2, 0.25) is 0 Å². The number of esters is 1. The molecule has 1 aliphatic heterocycles. The highest BCUT2D eigenvalue weighted by atomic mass is 16.5. The Morgan fingerprint density at radius 1 is 1.43 bits per heavy atom. The molecule has 0 aromatic heterocycles. The maximum atomic E-state index is 11.7. The summed E-state index contributed by atoms with van der Waals surface area (Å²) < 4.78 is 16.1. The van der Waals surface area contributed by atoms with Crippen molar-refractivity contribution in [1.29, 1.82) is 5.26 Å². The number of rotatable bonds is 4. The number of hydrogen-bond donors (Lipinski definition) is 0. The van der Waals surface area contributed by atoms with Crippen LogP contribution in [0, 0.1) is 11.3 Å². The van der Waals surface area contributed by atoms with Crippen molar-refractivity contribution >= 4 is 12.0 Å². The molecule has 1 aromatic rings. The van der Waals surface area contributed by atoms with Gasteiger partial charge in [0.05, 0.1) is 13.2 Å². The zero-order chi connectivity index (χ0) is 15.1. The molecule has 0 saturated carbocycles. The molecule has 108 valence electrons. The number of fused-ring (bicyclic) bond motifs is 1. The first-order chi connectivity index (χ1) is 10.3. The lowest BCUT2D eigenvalue weighted by molar-refractivity contribution is -0.137. The van der Waals surface area contributed by atoms with Crippen LogP contribution < -0.4 is 9.47 Å². The molecular formula is C16H15NO4. The van der Waals surface area contributed by atoms with Gasteiger partial charge in [-0.15, -0.1) is 0 Å². The van der Waals surface area contributed by atoms with E-state index in [-0.39, 0.29) is 12.2 Å². The fraction of sp³-hybridized carbons (Fsp3) is 0.250. The smallest absolute Gasteiger partial charge is 0.349 e. The zero-order valence-electron chi connectivity index (χ0n) is 11.5. The molecule has 0 unspecified atom stereocenters. The van der Waals surface area contributed by atoms with Gasteiger partial charge in [0.25, 0.3) is 0 Å². The van der Waals surface area contributed by atoms with E-state index < -0.39 is 5.97 Å². The van der Waals surface area contributed by atoms with E-state index in [0.717, 1.165) is 6.42 Å². The molecule has 1 aromatic carbocycles. The van der Waals surface area contributed by atoms with Crippen molar-refractivity contribution in [3.63, 3.8) is 0 Å². The molecule has 0 aliphatic carbocycles. The Hall–Kier alpha value is -2.74. The highest BCUT2D eigenvalue weighted by Crippen LogP contribution is 2.34. The summed E-state index contributed by atoms with van der Waals surface area (Å²) in [5.74, 6) is 0.460. The first-order valence-electron chi connectivity index (χ1n) is 6.54. The van der Waals surface area contributed by atoms with Gasteiger partial charge in [-0.2, -0.15) is 5.26 Å². The van der Waals surface area contributed by atoms with Crippen LogP contribution in [0.4, 0.5) is 0 Å². The van der Waals surface area contributed by atoms with Crippen molar-refractivity contribution < 1.29 is 19.0 Å². The first kappa shape index (κ1) is 14.7. The van der Waals surface area contributed by atoms with Crippen LogP contribution in [0.15, 0.2) is 36.4 Å². The van der Waals surface area contributed by atoms with Crippen molar-refractivity contribution in [2.24, 2.45) is 0 Å². The summed E-state index contributed by atoms with van der Waals surface area (Å²) in [7, 11) is 0. The lowest BCUT2D eigenvalue weighted by atomic mass is 10.1. The van der Waals surface area contributed by atoms with Gasteiger partial charge in [0.2, 0.25) is 0 Å². The number of para-hydroxylation sites is 1. The van der Waals surface area contributed by atoms with Crippen LogP contribution in [-0.4, -0.2) is 25.8 Å². The third-order valence-electron chi connectivity index (χ3n) is 2.77. The molecule has 21 heavy (non-hydrogen) atoms. The molecule has 1 heterocycles. The molecule has 1 aliphatic rings. The van der Waals surface area contributed by atoms with E-state index in [0.29, 0.717) is 30.3 Å². The number of hydrogen-bond acceptors (Lipinski definition) is 5. The fourth-order valence-electron chi connectivity index (χ4n) is 1.83. The van der Waals surface area contributed by atoms with E-state index in [1.54, 1.807) is 18.2 Å². The molecule has 0 radical (unpaired) electrons. The summed E-state index contributed by atoms with van der Waals surface area (Å²) in [5.41, 5.74) is 0.514. The summed E-state index contributed by atoms with van der Waals surface area (Å²) in [6, 6.07) is 7.17. The van der Waals surface area contributed by atoms with Gasteiger partial charge in [-0.05, 0) is 12.1 Å². The third-order valence-corrected chi connectivity index (χ3v) is 2.77. The lowest BCUT2D eigenvalue weighted by Crippen LogP contribution is -2.06. The Kier molecular flexibility index (Phi) is 4.99. The SMILES string of the molecule is C=CCOC(=O)/C(C#N)=C\c1cccc2c1OCCCO2. The topological polar surface area (TPSA) is 68.6 Å². The molecule has 0 bridgehead atoms. The van der Waals surface area contributed by atoms with Crippen LogP contribution in [0.3, 0.4) is 0 Å². The minimum absolute atomic E-state index is 0.0599. The average Bonchev–Trinajstić information content (AvgIpc) is 2.76. The highest BCUT2D eigenvalue weighted by molar-refractivity contribution is 5.98. The predicted molar refractivity (Wildman–Crippen MR) is 76.8 cm³/mol. The van der Waals surface area contributed by atoms with Gasteiger partial charge in [-0.25, -0.2) is 4.79 Å².